The van der Waals surface area contributed by atoms with Crippen molar-refractivity contribution in [2.75, 3.05) is 0 Å². The van der Waals surface area contributed by atoms with Gasteiger partial charge in [0, 0.05) is 11.0 Å². The van der Waals surface area contributed by atoms with E-state index in [0.29, 0.717) is 15.9 Å². The van der Waals surface area contributed by atoms with Crippen LogP contribution in [0.2, 0.25) is 0 Å². The monoisotopic (exact) mass is 306 g/mol. The summed E-state index contributed by atoms with van der Waals surface area (Å²) >= 11 is 3.18. The molecule has 0 atom stereocenters. The van der Waals surface area contributed by atoms with Crippen LogP contribution < -0.4 is 5.73 Å². The molecule has 0 fully saturated rings. The van der Waals surface area contributed by atoms with Crippen molar-refractivity contribution >= 4 is 28.3 Å². The van der Waals surface area contributed by atoms with E-state index in [0.717, 1.165) is 0 Å². The fourth-order valence-electron chi connectivity index (χ4n) is 1.18. The molecule has 0 saturated carbocycles. The summed E-state index contributed by atoms with van der Waals surface area (Å²) in [7, 11) is 0. The second-order valence-corrected chi connectivity index (χ2v) is 3.87. The Hall–Kier alpha value is -0.980. The van der Waals surface area contributed by atoms with E-state index in [1.165, 1.54) is 10.7 Å². The number of hydrogen-bond donors (Lipinski definition) is 1. The van der Waals surface area contributed by atoms with E-state index >= 15 is 0 Å². The van der Waals surface area contributed by atoms with Gasteiger partial charge in [0.1, 0.15) is 11.5 Å². The van der Waals surface area contributed by atoms with Crippen molar-refractivity contribution in [1.29, 1.82) is 0 Å². The average molecular weight is 308 g/mol. The van der Waals surface area contributed by atoms with Gasteiger partial charge in [0.15, 0.2) is 0 Å². The van der Waals surface area contributed by atoms with E-state index in [1.807, 2.05) is 0 Å². The Balaban J connectivity index is 0.00000128. The maximum Gasteiger partial charge on any atom is 0.150 e. The number of aromatic nitrogens is 3. The van der Waals surface area contributed by atoms with Gasteiger partial charge in [-0.1, -0.05) is 21.1 Å². The average Bonchev–Trinajstić information content (AvgIpc) is 2.66. The van der Waals surface area contributed by atoms with Crippen LogP contribution >= 0.6 is 28.3 Å². The molecule has 1 aromatic heterocycles. The molecule has 0 amide bonds. The first-order chi connectivity index (χ1) is 7.20. The van der Waals surface area contributed by atoms with E-state index in [9.17, 15) is 4.39 Å². The number of halogens is 3. The standard InChI is InChI=1S/C9H8BrFN4.ClH/c10-6-1-2-9(8(11)3-6)15-5-7(4-12)13-14-15;/h1-3,5H,4,12H2;1H. The van der Waals surface area contributed by atoms with E-state index < -0.39 is 0 Å². The van der Waals surface area contributed by atoms with E-state index in [1.54, 1.807) is 18.3 Å². The van der Waals surface area contributed by atoms with Gasteiger partial charge in [-0.05, 0) is 18.2 Å². The summed E-state index contributed by atoms with van der Waals surface area (Å²) in [6.45, 7) is 0.290. The highest BCUT2D eigenvalue weighted by molar-refractivity contribution is 9.10. The Kier molecular flexibility index (Phi) is 4.40. The Morgan fingerprint density at radius 1 is 1.44 bits per heavy atom. The highest BCUT2D eigenvalue weighted by atomic mass is 79.9. The molecule has 0 aliphatic carbocycles. The first kappa shape index (κ1) is 13.1. The van der Waals surface area contributed by atoms with Gasteiger partial charge >= 0.3 is 0 Å². The quantitative estimate of drug-likeness (QED) is 0.924. The van der Waals surface area contributed by atoms with Gasteiger partial charge in [-0.2, -0.15) is 0 Å². The van der Waals surface area contributed by atoms with Crippen LogP contribution in [0.5, 0.6) is 0 Å². The molecule has 2 rings (SSSR count). The van der Waals surface area contributed by atoms with E-state index in [4.69, 9.17) is 5.73 Å². The van der Waals surface area contributed by atoms with Crippen LogP contribution in [0.1, 0.15) is 5.69 Å². The number of nitrogens with zero attached hydrogens (tertiary/aromatic N) is 3. The van der Waals surface area contributed by atoms with Gasteiger partial charge in [-0.25, -0.2) is 9.07 Å². The predicted molar refractivity (Wildman–Crippen MR) is 64.2 cm³/mol. The van der Waals surface area contributed by atoms with Gasteiger partial charge in [-0.15, -0.1) is 17.5 Å². The summed E-state index contributed by atoms with van der Waals surface area (Å²) in [5, 5.41) is 7.56. The second kappa shape index (κ2) is 5.38. The molecule has 7 heteroatoms. The molecule has 0 bridgehead atoms. The lowest BCUT2D eigenvalue weighted by molar-refractivity contribution is 0.606. The van der Waals surface area contributed by atoms with Gasteiger partial charge in [0.2, 0.25) is 0 Å². The number of benzene rings is 1. The zero-order valence-electron chi connectivity index (χ0n) is 8.10. The smallest absolute Gasteiger partial charge is 0.150 e. The zero-order chi connectivity index (χ0) is 10.8. The molecule has 0 unspecified atom stereocenters. The van der Waals surface area contributed by atoms with Crippen LogP contribution in [-0.2, 0) is 6.54 Å². The summed E-state index contributed by atoms with van der Waals surface area (Å²) < 4.78 is 15.5. The van der Waals surface area contributed by atoms with Crippen LogP contribution in [0.4, 0.5) is 4.39 Å². The SMILES string of the molecule is Cl.NCc1cn(-c2ccc(Br)cc2F)nn1. The molecule has 1 aromatic carbocycles. The Bertz CT molecular complexity index is 488. The van der Waals surface area contributed by atoms with Crippen molar-refractivity contribution in [1.82, 2.24) is 15.0 Å². The Morgan fingerprint density at radius 2 is 2.19 bits per heavy atom. The fraction of sp³-hybridized carbons (Fsp3) is 0.111. The Labute approximate surface area is 106 Å². The minimum absolute atomic E-state index is 0. The maximum atomic E-state index is 13.5. The van der Waals surface area contributed by atoms with Crippen LogP contribution in [0.25, 0.3) is 5.69 Å². The normalized spacial score (nSPS) is 9.94. The molecule has 86 valence electrons. The molecule has 2 N–H and O–H groups in total. The molecule has 4 nitrogen and oxygen atoms in total. The van der Waals surface area contributed by atoms with Crippen LogP contribution in [0.3, 0.4) is 0 Å². The molecule has 2 aromatic rings. The minimum atomic E-state index is -0.363. The van der Waals surface area contributed by atoms with Gasteiger partial charge in [-0.3, -0.25) is 0 Å². The van der Waals surface area contributed by atoms with Crippen LogP contribution in [-0.4, -0.2) is 15.0 Å². The molecule has 0 aliphatic heterocycles. The summed E-state index contributed by atoms with van der Waals surface area (Å²) in [5.74, 6) is -0.363. The summed E-state index contributed by atoms with van der Waals surface area (Å²) in [6.07, 6.45) is 1.60. The molecular formula is C9H9BrClFN4. The van der Waals surface area contributed by atoms with Gasteiger partial charge < -0.3 is 5.73 Å². The number of hydrogen-bond acceptors (Lipinski definition) is 3. The van der Waals surface area contributed by atoms with Crippen molar-refractivity contribution in [3.05, 3.63) is 40.4 Å². The lowest BCUT2D eigenvalue weighted by Crippen LogP contribution is -1.98. The lowest BCUT2D eigenvalue weighted by Gasteiger charge is -2.01. The first-order valence-corrected chi connectivity index (χ1v) is 5.06. The van der Waals surface area contributed by atoms with E-state index in [2.05, 4.69) is 26.2 Å². The Morgan fingerprint density at radius 3 is 2.75 bits per heavy atom. The molecule has 0 spiro atoms. The molecule has 0 saturated heterocycles. The summed E-state index contributed by atoms with van der Waals surface area (Å²) in [6, 6.07) is 4.73. The third-order valence-corrected chi connectivity index (χ3v) is 2.40. The van der Waals surface area contributed by atoms with Gasteiger partial charge in [0.05, 0.1) is 11.9 Å². The van der Waals surface area contributed by atoms with Gasteiger partial charge in [0.25, 0.3) is 0 Å². The zero-order valence-corrected chi connectivity index (χ0v) is 10.5. The molecule has 16 heavy (non-hydrogen) atoms. The summed E-state index contributed by atoms with van der Waals surface area (Å²) in [5.41, 5.74) is 6.36. The second-order valence-electron chi connectivity index (χ2n) is 2.95. The third kappa shape index (κ3) is 2.58. The number of nitrogens with two attached hydrogens (primary N) is 1. The molecule has 1 heterocycles. The summed E-state index contributed by atoms with van der Waals surface area (Å²) in [4.78, 5) is 0. The van der Waals surface area contributed by atoms with Crippen molar-refractivity contribution in [3.8, 4) is 5.69 Å². The van der Waals surface area contributed by atoms with Crippen molar-refractivity contribution in [3.63, 3.8) is 0 Å². The topological polar surface area (TPSA) is 56.7 Å². The molecule has 0 radical (unpaired) electrons. The first-order valence-electron chi connectivity index (χ1n) is 4.27. The largest absolute Gasteiger partial charge is 0.325 e. The highest BCUT2D eigenvalue weighted by Gasteiger charge is 2.07. The molecule has 0 aliphatic rings. The van der Waals surface area contributed by atoms with Crippen molar-refractivity contribution < 1.29 is 4.39 Å². The van der Waals surface area contributed by atoms with E-state index in [-0.39, 0.29) is 24.8 Å². The highest BCUT2D eigenvalue weighted by Crippen LogP contribution is 2.17. The fourth-order valence-corrected chi connectivity index (χ4v) is 1.51. The minimum Gasteiger partial charge on any atom is -0.325 e. The van der Waals surface area contributed by atoms with Crippen molar-refractivity contribution in [2.24, 2.45) is 5.73 Å². The maximum absolute atomic E-state index is 13.5. The van der Waals surface area contributed by atoms with Crippen LogP contribution in [0, 0.1) is 5.82 Å². The third-order valence-electron chi connectivity index (χ3n) is 1.91. The van der Waals surface area contributed by atoms with Crippen LogP contribution in [0.15, 0.2) is 28.9 Å². The number of rotatable bonds is 2. The van der Waals surface area contributed by atoms with Crippen molar-refractivity contribution in [2.45, 2.75) is 6.54 Å². The lowest BCUT2D eigenvalue weighted by atomic mass is 10.3. The molecular weight excluding hydrogens is 298 g/mol. The predicted octanol–water partition coefficient (Wildman–Crippen LogP) is 2.05.